The first-order valence-corrected chi connectivity index (χ1v) is 6.08. The summed E-state index contributed by atoms with van der Waals surface area (Å²) >= 11 is 3.15. The van der Waals surface area contributed by atoms with Crippen LogP contribution in [0, 0.1) is 10.1 Å². The molecule has 0 aliphatic carbocycles. The Hall–Kier alpha value is -2.16. The predicted molar refractivity (Wildman–Crippen MR) is 73.5 cm³/mol. The number of rotatable bonds is 4. The zero-order valence-electron chi connectivity index (χ0n) is 10.00. The predicted octanol–water partition coefficient (Wildman–Crippen LogP) is 1.68. The van der Waals surface area contributed by atoms with Crippen molar-refractivity contribution in [2.75, 3.05) is 11.1 Å². The van der Waals surface area contributed by atoms with Gasteiger partial charge in [0.05, 0.1) is 11.1 Å². The molecule has 2 aromatic rings. The van der Waals surface area contributed by atoms with E-state index < -0.39 is 4.92 Å². The smallest absolute Gasteiger partial charge is 0.312 e. The Morgan fingerprint density at radius 2 is 2.32 bits per heavy atom. The summed E-state index contributed by atoms with van der Waals surface area (Å²) in [5, 5.41) is 17.8. The number of hydrogen-bond donors (Lipinski definition) is 2. The molecule has 0 aromatic carbocycles. The van der Waals surface area contributed by atoms with Crippen molar-refractivity contribution >= 4 is 33.3 Å². The highest BCUT2D eigenvalue weighted by Crippen LogP contribution is 2.26. The largest absolute Gasteiger partial charge is 0.384 e. The second-order valence-electron chi connectivity index (χ2n) is 3.81. The summed E-state index contributed by atoms with van der Waals surface area (Å²) in [7, 11) is 1.72. The number of pyridine rings is 1. The zero-order chi connectivity index (χ0) is 14.0. The van der Waals surface area contributed by atoms with Gasteiger partial charge in [0, 0.05) is 35.9 Å². The van der Waals surface area contributed by atoms with E-state index in [1.807, 2.05) is 0 Å². The van der Waals surface area contributed by atoms with Crippen LogP contribution in [0.4, 0.5) is 17.3 Å². The molecule has 0 aliphatic rings. The van der Waals surface area contributed by atoms with Gasteiger partial charge in [-0.25, -0.2) is 4.98 Å². The fraction of sp³-hybridized carbons (Fsp3) is 0.200. The Balaban J connectivity index is 2.20. The van der Waals surface area contributed by atoms with Crippen molar-refractivity contribution in [1.29, 1.82) is 0 Å². The second kappa shape index (κ2) is 5.22. The lowest BCUT2D eigenvalue weighted by atomic mass is 10.3. The fourth-order valence-electron chi connectivity index (χ4n) is 1.51. The van der Waals surface area contributed by atoms with E-state index in [1.165, 1.54) is 16.9 Å². The first-order chi connectivity index (χ1) is 8.99. The molecule has 0 saturated heterocycles. The average molecular weight is 327 g/mol. The van der Waals surface area contributed by atoms with E-state index >= 15 is 0 Å². The highest BCUT2D eigenvalue weighted by atomic mass is 79.9. The van der Waals surface area contributed by atoms with E-state index in [-0.39, 0.29) is 11.5 Å². The van der Waals surface area contributed by atoms with Gasteiger partial charge in [0.15, 0.2) is 0 Å². The quantitative estimate of drug-likeness (QED) is 0.653. The van der Waals surface area contributed by atoms with Gasteiger partial charge >= 0.3 is 5.69 Å². The lowest BCUT2D eigenvalue weighted by molar-refractivity contribution is -0.384. The maximum atomic E-state index is 10.9. The van der Waals surface area contributed by atoms with Gasteiger partial charge in [0.25, 0.3) is 0 Å². The van der Waals surface area contributed by atoms with Crippen molar-refractivity contribution in [1.82, 2.24) is 14.8 Å². The van der Waals surface area contributed by atoms with Crippen molar-refractivity contribution < 1.29 is 4.92 Å². The SMILES string of the molecule is Cn1ncc(CNc2ncc(Br)cc2[N+](=O)[O-])c1N. The fourth-order valence-corrected chi connectivity index (χ4v) is 1.83. The molecule has 0 saturated carbocycles. The van der Waals surface area contributed by atoms with E-state index in [9.17, 15) is 10.1 Å². The molecule has 0 fully saturated rings. The van der Waals surface area contributed by atoms with E-state index in [4.69, 9.17) is 5.73 Å². The highest BCUT2D eigenvalue weighted by molar-refractivity contribution is 9.10. The average Bonchev–Trinajstić information content (AvgIpc) is 2.68. The third-order valence-electron chi connectivity index (χ3n) is 2.54. The van der Waals surface area contributed by atoms with E-state index in [1.54, 1.807) is 13.2 Å². The first-order valence-electron chi connectivity index (χ1n) is 5.29. The van der Waals surface area contributed by atoms with Gasteiger partial charge < -0.3 is 11.1 Å². The molecule has 0 amide bonds. The van der Waals surface area contributed by atoms with Gasteiger partial charge in [-0.05, 0) is 15.9 Å². The maximum absolute atomic E-state index is 10.9. The second-order valence-corrected chi connectivity index (χ2v) is 4.73. The Morgan fingerprint density at radius 1 is 1.58 bits per heavy atom. The van der Waals surface area contributed by atoms with Crippen molar-refractivity contribution in [3.8, 4) is 0 Å². The van der Waals surface area contributed by atoms with Crippen molar-refractivity contribution in [3.05, 3.63) is 38.6 Å². The summed E-state index contributed by atoms with van der Waals surface area (Å²) in [6.07, 6.45) is 3.09. The molecule has 0 bridgehead atoms. The van der Waals surface area contributed by atoms with E-state index in [0.29, 0.717) is 16.8 Å². The molecule has 9 heteroatoms. The number of halogens is 1. The summed E-state index contributed by atoms with van der Waals surface area (Å²) in [4.78, 5) is 14.4. The van der Waals surface area contributed by atoms with Crippen LogP contribution in [0.5, 0.6) is 0 Å². The Labute approximate surface area is 116 Å². The molecule has 2 aromatic heterocycles. The van der Waals surface area contributed by atoms with Crippen LogP contribution < -0.4 is 11.1 Å². The molecule has 2 rings (SSSR count). The third-order valence-corrected chi connectivity index (χ3v) is 2.98. The summed E-state index contributed by atoms with van der Waals surface area (Å²) < 4.78 is 2.08. The molecule has 100 valence electrons. The molecule has 0 aliphatic heterocycles. The van der Waals surface area contributed by atoms with Crippen LogP contribution in [-0.4, -0.2) is 19.7 Å². The van der Waals surface area contributed by atoms with Crippen LogP contribution in [0.3, 0.4) is 0 Å². The summed E-state index contributed by atoms with van der Waals surface area (Å²) in [6, 6.07) is 1.39. The minimum absolute atomic E-state index is 0.100. The maximum Gasteiger partial charge on any atom is 0.312 e. The van der Waals surface area contributed by atoms with Crippen LogP contribution in [-0.2, 0) is 13.6 Å². The van der Waals surface area contributed by atoms with Crippen LogP contribution in [0.2, 0.25) is 0 Å². The monoisotopic (exact) mass is 326 g/mol. The molecule has 0 radical (unpaired) electrons. The minimum atomic E-state index is -0.493. The molecule has 19 heavy (non-hydrogen) atoms. The highest BCUT2D eigenvalue weighted by Gasteiger charge is 2.16. The Kier molecular flexibility index (Phi) is 3.65. The van der Waals surface area contributed by atoms with Crippen molar-refractivity contribution in [3.63, 3.8) is 0 Å². The topological polar surface area (TPSA) is 112 Å². The van der Waals surface area contributed by atoms with Gasteiger partial charge in [0.2, 0.25) is 5.82 Å². The lowest BCUT2D eigenvalue weighted by Crippen LogP contribution is -2.06. The number of nitro groups is 1. The van der Waals surface area contributed by atoms with Crippen LogP contribution in [0.25, 0.3) is 0 Å². The lowest BCUT2D eigenvalue weighted by Gasteiger charge is -2.06. The van der Waals surface area contributed by atoms with Gasteiger partial charge in [0.1, 0.15) is 5.82 Å². The molecular weight excluding hydrogens is 316 g/mol. The first kappa shape index (κ1) is 13.3. The number of nitrogens with one attached hydrogen (secondary N) is 1. The van der Waals surface area contributed by atoms with Gasteiger partial charge in [-0.1, -0.05) is 0 Å². The standard InChI is InChI=1S/C10H11BrN6O2/c1-16-9(12)6(4-15-16)3-13-10-8(17(18)19)2-7(11)5-14-10/h2,4-5H,3,12H2,1H3,(H,13,14). The molecule has 8 nitrogen and oxygen atoms in total. The number of hydrogen-bond acceptors (Lipinski definition) is 6. The molecule has 0 spiro atoms. The zero-order valence-corrected chi connectivity index (χ0v) is 11.6. The molecule has 3 N–H and O–H groups in total. The number of nitrogen functional groups attached to an aromatic ring is 1. The van der Waals surface area contributed by atoms with Crippen molar-refractivity contribution in [2.24, 2.45) is 7.05 Å². The number of nitrogens with two attached hydrogens (primary N) is 1. The molecule has 0 atom stereocenters. The summed E-state index contributed by atoms with van der Waals surface area (Å²) in [5.41, 5.74) is 6.44. The van der Waals surface area contributed by atoms with Crippen LogP contribution in [0.1, 0.15) is 5.56 Å². The molecule has 0 unspecified atom stereocenters. The number of aryl methyl sites for hydroxylation is 1. The number of anilines is 2. The van der Waals surface area contributed by atoms with Crippen LogP contribution in [0.15, 0.2) is 22.9 Å². The summed E-state index contributed by atoms with van der Waals surface area (Å²) in [5.74, 6) is 0.698. The Morgan fingerprint density at radius 3 is 2.89 bits per heavy atom. The molecular formula is C10H11BrN6O2. The van der Waals surface area contributed by atoms with Gasteiger partial charge in [-0.2, -0.15) is 5.10 Å². The van der Waals surface area contributed by atoms with E-state index in [0.717, 1.165) is 5.56 Å². The third kappa shape index (κ3) is 2.81. The van der Waals surface area contributed by atoms with Crippen LogP contribution >= 0.6 is 15.9 Å². The molecule has 2 heterocycles. The van der Waals surface area contributed by atoms with Gasteiger partial charge in [-0.15, -0.1) is 0 Å². The van der Waals surface area contributed by atoms with Gasteiger partial charge in [-0.3, -0.25) is 14.8 Å². The summed E-state index contributed by atoms with van der Waals surface area (Å²) in [6.45, 7) is 0.315. The van der Waals surface area contributed by atoms with E-state index in [2.05, 4.69) is 31.3 Å². The van der Waals surface area contributed by atoms with Crippen molar-refractivity contribution in [2.45, 2.75) is 6.54 Å². The normalized spacial score (nSPS) is 10.4. The Bertz CT molecular complexity index is 626. The number of aromatic nitrogens is 3. The number of nitrogens with zero attached hydrogens (tertiary/aromatic N) is 4. The minimum Gasteiger partial charge on any atom is -0.384 e.